The van der Waals surface area contributed by atoms with Gasteiger partial charge in [-0.05, 0) is 43.2 Å². The summed E-state index contributed by atoms with van der Waals surface area (Å²) in [6.07, 6.45) is -0.591. The van der Waals surface area contributed by atoms with E-state index >= 15 is 0 Å². The number of benzene rings is 1. The Balaban J connectivity index is 1.35. The number of aliphatic carboxylic acids is 1. The minimum Gasteiger partial charge on any atom is -0.481 e. The third kappa shape index (κ3) is 6.02. The second-order valence-electron chi connectivity index (χ2n) is 9.86. The average molecular weight is 617 g/mol. The number of carboxylic acid groups (broad SMARTS) is 1. The number of nitrogens with one attached hydrogen (secondary N) is 1. The molecule has 0 bridgehead atoms. The zero-order valence-corrected chi connectivity index (χ0v) is 23.2. The molecule has 0 unspecified atom stereocenters. The highest BCUT2D eigenvalue weighted by Gasteiger charge is 2.39. The van der Waals surface area contributed by atoms with Gasteiger partial charge in [0, 0.05) is 32.0 Å². The Kier molecular flexibility index (Phi) is 7.84. The van der Waals surface area contributed by atoms with Crippen molar-refractivity contribution in [1.82, 2.24) is 29.2 Å². The summed E-state index contributed by atoms with van der Waals surface area (Å²) >= 11 is 6.35. The quantitative estimate of drug-likeness (QED) is 0.292. The number of nitrogens with zero attached hydrogens (tertiary/aromatic N) is 6. The zero-order chi connectivity index (χ0) is 31.1. The number of rotatable bonds is 6. The first kappa shape index (κ1) is 29.6. The highest BCUT2D eigenvalue weighted by atomic mass is 35.5. The monoisotopic (exact) mass is 616 g/mol. The van der Waals surface area contributed by atoms with Crippen LogP contribution in [0.5, 0.6) is 0 Å². The number of piperidine rings is 1. The van der Waals surface area contributed by atoms with Crippen molar-refractivity contribution in [3.05, 3.63) is 71.0 Å². The summed E-state index contributed by atoms with van der Waals surface area (Å²) in [5, 5.41) is 15.5. The number of imidazole rings is 1. The molecule has 4 heterocycles. The van der Waals surface area contributed by atoms with E-state index < -0.39 is 29.7 Å². The normalized spacial score (nSPS) is 14.1. The Hall–Kier alpha value is -4.92. The van der Waals surface area contributed by atoms with Crippen LogP contribution >= 0.6 is 11.6 Å². The molecule has 16 heteroatoms. The van der Waals surface area contributed by atoms with Crippen LogP contribution in [0.3, 0.4) is 0 Å². The summed E-state index contributed by atoms with van der Waals surface area (Å²) < 4.78 is 43.9. The smallest absolute Gasteiger partial charge is 0.435 e. The van der Waals surface area contributed by atoms with Gasteiger partial charge in [0.1, 0.15) is 0 Å². The fraction of sp³-hybridized carbons (Fsp3) is 0.259. The molecule has 1 saturated heterocycles. The minimum absolute atomic E-state index is 0.0233. The molecule has 43 heavy (non-hydrogen) atoms. The number of anilines is 2. The molecule has 12 nitrogen and oxygen atoms in total. The molecule has 1 aliphatic rings. The number of aromatic nitrogens is 5. The number of nitrogen functional groups attached to an aromatic ring is 1. The maximum atomic E-state index is 13.9. The predicted molar refractivity (Wildman–Crippen MR) is 149 cm³/mol. The Bertz CT molecular complexity index is 1710. The minimum atomic E-state index is -4.82. The molecular weight excluding hydrogens is 593 g/mol. The van der Waals surface area contributed by atoms with Crippen LogP contribution in [0.2, 0.25) is 5.02 Å². The van der Waals surface area contributed by atoms with Crippen molar-refractivity contribution in [2.45, 2.75) is 19.0 Å². The van der Waals surface area contributed by atoms with Crippen LogP contribution in [0.1, 0.15) is 39.5 Å². The van der Waals surface area contributed by atoms with Gasteiger partial charge < -0.3 is 25.6 Å². The van der Waals surface area contributed by atoms with Gasteiger partial charge in [0.15, 0.2) is 17.3 Å². The van der Waals surface area contributed by atoms with E-state index in [9.17, 15) is 27.6 Å². The number of carbonyl (C=O) groups excluding carboxylic acids is 2. The summed E-state index contributed by atoms with van der Waals surface area (Å²) in [6, 6.07) is 7.15. The SMILES string of the molecule is Cn1c(-c2cn(-c3ccc(N)cn3)nc2C(F)(F)F)cnc1C(=O)Nc1ccc(C(=O)N2CCC(C(=O)O)CC2)c(Cl)c1. The molecule has 0 radical (unpaired) electrons. The van der Waals surface area contributed by atoms with Gasteiger partial charge in [0.05, 0.1) is 45.8 Å². The van der Waals surface area contributed by atoms with E-state index in [2.05, 4.69) is 20.4 Å². The van der Waals surface area contributed by atoms with Crippen LogP contribution in [0, 0.1) is 5.92 Å². The Morgan fingerprint density at radius 3 is 2.42 bits per heavy atom. The second-order valence-corrected chi connectivity index (χ2v) is 10.3. The van der Waals surface area contributed by atoms with Gasteiger partial charge in [0.25, 0.3) is 11.8 Å². The topological polar surface area (TPSA) is 161 Å². The van der Waals surface area contributed by atoms with Gasteiger partial charge in [-0.25, -0.2) is 14.6 Å². The standard InChI is InChI=1S/C27H24ClF3N8O4/c1-37-20(18-13-39(36-22(18)27(29,30)31)21-5-2-15(32)11-33-21)12-34-23(37)24(40)35-16-3-4-17(19(28)10-16)25(41)38-8-6-14(7-9-38)26(42)43/h2-5,10-14H,6-9,32H2,1H3,(H,35,40)(H,42,43). The van der Waals surface area contributed by atoms with Gasteiger partial charge in [0.2, 0.25) is 0 Å². The van der Waals surface area contributed by atoms with Crippen LogP contribution in [0.4, 0.5) is 24.5 Å². The molecule has 1 aromatic carbocycles. The lowest BCUT2D eigenvalue weighted by atomic mass is 9.96. The van der Waals surface area contributed by atoms with Crippen LogP contribution in [0.15, 0.2) is 48.9 Å². The third-order valence-electron chi connectivity index (χ3n) is 7.04. The maximum absolute atomic E-state index is 13.9. The summed E-state index contributed by atoms with van der Waals surface area (Å²) in [5.41, 5.74) is 4.81. The van der Waals surface area contributed by atoms with Gasteiger partial charge in [-0.15, -0.1) is 0 Å². The molecular formula is C27H24ClF3N8O4. The molecule has 1 fully saturated rings. The second kappa shape index (κ2) is 11.4. The Labute approximate surface area is 246 Å². The first-order chi connectivity index (χ1) is 20.3. The van der Waals surface area contributed by atoms with Crippen molar-refractivity contribution in [3.8, 4) is 17.1 Å². The number of alkyl halides is 3. The number of carbonyl (C=O) groups is 3. The average Bonchev–Trinajstić information content (AvgIpc) is 3.57. The molecule has 0 atom stereocenters. The molecule has 5 rings (SSSR count). The van der Waals surface area contributed by atoms with E-state index in [1.165, 1.54) is 53.0 Å². The summed E-state index contributed by atoms with van der Waals surface area (Å²) in [5.74, 6) is -2.58. The number of pyridine rings is 1. The van der Waals surface area contributed by atoms with E-state index in [1.807, 2.05) is 0 Å². The largest absolute Gasteiger partial charge is 0.481 e. The summed E-state index contributed by atoms with van der Waals surface area (Å²) in [4.78, 5) is 46.7. The van der Waals surface area contributed by atoms with Gasteiger partial charge in [-0.1, -0.05) is 11.6 Å². The van der Waals surface area contributed by atoms with Gasteiger partial charge in [-0.3, -0.25) is 14.4 Å². The van der Waals surface area contributed by atoms with Crippen LogP contribution in [0.25, 0.3) is 17.1 Å². The number of nitrogens with two attached hydrogens (primary N) is 1. The first-order valence-corrected chi connectivity index (χ1v) is 13.2. The van der Waals surface area contributed by atoms with E-state index in [4.69, 9.17) is 22.4 Å². The third-order valence-corrected chi connectivity index (χ3v) is 7.36. The molecule has 0 saturated carbocycles. The van der Waals surface area contributed by atoms with Crippen LogP contribution < -0.4 is 11.1 Å². The highest BCUT2D eigenvalue weighted by Crippen LogP contribution is 2.37. The predicted octanol–water partition coefficient (Wildman–Crippen LogP) is 4.11. The Morgan fingerprint density at radius 1 is 1.09 bits per heavy atom. The van der Waals surface area contributed by atoms with Crippen molar-refractivity contribution < 1.29 is 32.7 Å². The molecule has 3 aromatic heterocycles. The molecule has 1 aliphatic heterocycles. The number of halogens is 4. The highest BCUT2D eigenvalue weighted by molar-refractivity contribution is 6.34. The van der Waals surface area contributed by atoms with Gasteiger partial charge in [-0.2, -0.15) is 18.3 Å². The molecule has 224 valence electrons. The molecule has 0 aliphatic carbocycles. The van der Waals surface area contributed by atoms with Crippen molar-refractivity contribution in [3.63, 3.8) is 0 Å². The first-order valence-electron chi connectivity index (χ1n) is 12.9. The van der Waals surface area contributed by atoms with Crippen LogP contribution in [-0.2, 0) is 18.0 Å². The fourth-order valence-corrected chi connectivity index (χ4v) is 5.01. The number of likely N-dealkylation sites (tertiary alicyclic amines) is 1. The molecule has 4 N–H and O–H groups in total. The van der Waals surface area contributed by atoms with Crippen LogP contribution in [-0.4, -0.2) is 65.2 Å². The maximum Gasteiger partial charge on any atom is 0.435 e. The number of carboxylic acids is 1. The lowest BCUT2D eigenvalue weighted by Crippen LogP contribution is -2.40. The summed E-state index contributed by atoms with van der Waals surface area (Å²) in [7, 11) is 1.39. The van der Waals surface area contributed by atoms with E-state index in [0.717, 1.165) is 17.1 Å². The van der Waals surface area contributed by atoms with Crippen molar-refractivity contribution in [2.24, 2.45) is 13.0 Å². The number of hydrogen-bond donors (Lipinski definition) is 3. The van der Waals surface area contributed by atoms with E-state index in [0.29, 0.717) is 18.5 Å². The zero-order valence-electron chi connectivity index (χ0n) is 22.5. The molecule has 2 amide bonds. The van der Waals surface area contributed by atoms with Crippen molar-refractivity contribution >= 4 is 40.8 Å². The lowest BCUT2D eigenvalue weighted by molar-refractivity contribution is -0.143. The van der Waals surface area contributed by atoms with Gasteiger partial charge >= 0.3 is 12.1 Å². The lowest BCUT2D eigenvalue weighted by Gasteiger charge is -2.30. The molecule has 4 aromatic rings. The number of amides is 2. The number of hydrogen-bond acceptors (Lipinski definition) is 7. The fourth-order valence-electron chi connectivity index (χ4n) is 4.75. The van der Waals surface area contributed by atoms with Crippen molar-refractivity contribution in [1.29, 1.82) is 0 Å². The molecule has 0 spiro atoms. The Morgan fingerprint density at radius 2 is 1.81 bits per heavy atom. The van der Waals surface area contributed by atoms with Crippen molar-refractivity contribution in [2.75, 3.05) is 24.1 Å². The van der Waals surface area contributed by atoms with E-state index in [-0.39, 0.29) is 58.2 Å². The summed E-state index contributed by atoms with van der Waals surface area (Å²) in [6.45, 7) is 0.551. The van der Waals surface area contributed by atoms with E-state index in [1.54, 1.807) is 0 Å².